The zero-order chi connectivity index (χ0) is 21.2. The smallest absolute Gasteiger partial charge is 0.226 e. The number of aromatic nitrogens is 1. The predicted octanol–water partition coefficient (Wildman–Crippen LogP) is 3.65. The Balaban J connectivity index is 1.99. The Labute approximate surface area is 178 Å². The topological polar surface area (TPSA) is 102 Å². The Morgan fingerprint density at radius 3 is 2.21 bits per heavy atom. The molecular formula is C18H17ClN2O5S3. The van der Waals surface area contributed by atoms with Crippen molar-refractivity contribution >= 4 is 47.6 Å². The number of ether oxygens (including phenoxy) is 1. The summed E-state index contributed by atoms with van der Waals surface area (Å²) in [5.41, 5.74) is 0.856. The third kappa shape index (κ3) is 4.89. The third-order valence-corrected chi connectivity index (χ3v) is 8.65. The maximum Gasteiger partial charge on any atom is 0.226 e. The highest BCUT2D eigenvalue weighted by molar-refractivity contribution is 7.93. The van der Waals surface area contributed by atoms with E-state index in [2.05, 4.69) is 10.3 Å². The number of sulfone groups is 2. The Morgan fingerprint density at radius 2 is 1.66 bits per heavy atom. The number of methoxy groups -OCH3 is 1. The number of nitrogens with one attached hydrogen (secondary N) is 1. The number of halogens is 1. The highest BCUT2D eigenvalue weighted by Gasteiger charge is 2.29. The Hall–Kier alpha value is -2.14. The highest BCUT2D eigenvalue weighted by atomic mass is 35.5. The van der Waals surface area contributed by atoms with Gasteiger partial charge in [0, 0.05) is 17.8 Å². The van der Waals surface area contributed by atoms with Crippen molar-refractivity contribution in [1.29, 1.82) is 0 Å². The van der Waals surface area contributed by atoms with E-state index in [4.69, 9.17) is 16.3 Å². The first kappa shape index (κ1) is 21.6. The summed E-state index contributed by atoms with van der Waals surface area (Å²) in [6, 6.07) is 12.8. The molecular weight excluding hydrogens is 456 g/mol. The van der Waals surface area contributed by atoms with Gasteiger partial charge in [0.2, 0.25) is 24.0 Å². The maximum absolute atomic E-state index is 13.1. The lowest BCUT2D eigenvalue weighted by molar-refractivity contribution is 0.414. The maximum atomic E-state index is 13.1. The number of nitrogens with zero attached hydrogens (tertiary/aromatic N) is 1. The average molecular weight is 473 g/mol. The largest absolute Gasteiger partial charge is 0.497 e. The molecule has 2 aromatic carbocycles. The molecule has 3 rings (SSSR count). The van der Waals surface area contributed by atoms with E-state index in [-0.39, 0.29) is 25.8 Å². The van der Waals surface area contributed by atoms with Crippen LogP contribution in [-0.2, 0) is 26.2 Å². The number of benzene rings is 2. The molecule has 0 unspecified atom stereocenters. The van der Waals surface area contributed by atoms with Crippen molar-refractivity contribution < 1.29 is 21.6 Å². The van der Waals surface area contributed by atoms with Gasteiger partial charge in [-0.15, -0.1) is 0 Å². The van der Waals surface area contributed by atoms with E-state index in [1.165, 1.54) is 24.3 Å². The molecule has 0 atom stereocenters. The molecule has 1 aromatic heterocycles. The summed E-state index contributed by atoms with van der Waals surface area (Å²) in [5.74, 6) is 0.692. The van der Waals surface area contributed by atoms with Gasteiger partial charge in [-0.2, -0.15) is 0 Å². The molecule has 0 spiro atoms. The van der Waals surface area contributed by atoms with Crippen LogP contribution in [0.25, 0.3) is 0 Å². The monoisotopic (exact) mass is 472 g/mol. The molecule has 1 heterocycles. The van der Waals surface area contributed by atoms with Gasteiger partial charge in [-0.25, -0.2) is 21.8 Å². The van der Waals surface area contributed by atoms with Crippen molar-refractivity contribution in [3.63, 3.8) is 0 Å². The van der Waals surface area contributed by atoms with Crippen LogP contribution in [0.3, 0.4) is 0 Å². The van der Waals surface area contributed by atoms with Gasteiger partial charge in [0.05, 0.1) is 12.0 Å². The van der Waals surface area contributed by atoms with Crippen LogP contribution < -0.4 is 10.1 Å². The number of hydrogen-bond acceptors (Lipinski definition) is 8. The van der Waals surface area contributed by atoms with Gasteiger partial charge in [-0.3, -0.25) is 0 Å². The number of thiazole rings is 1. The Bertz CT molecular complexity index is 1220. The van der Waals surface area contributed by atoms with Gasteiger partial charge in [-0.05, 0) is 42.0 Å². The Kier molecular flexibility index (Phi) is 6.18. The standard InChI is InChI=1S/C18H17ClN2O5S3/c1-26-14-7-3-12(4-8-14)11-20-16-17(21-18(27-16)28(2,22)23)29(24,25)15-9-5-13(19)6-10-15/h3-10,20H,11H2,1-2H3. The van der Waals surface area contributed by atoms with Crippen molar-refractivity contribution in [2.75, 3.05) is 18.7 Å². The van der Waals surface area contributed by atoms with Gasteiger partial charge in [0.25, 0.3) is 0 Å². The van der Waals surface area contributed by atoms with Crippen LogP contribution in [0.4, 0.5) is 5.00 Å². The van der Waals surface area contributed by atoms with Crippen molar-refractivity contribution in [2.24, 2.45) is 0 Å². The van der Waals surface area contributed by atoms with Gasteiger partial charge in [0.1, 0.15) is 10.8 Å². The summed E-state index contributed by atoms with van der Waals surface area (Å²) in [4.78, 5) is 3.89. The van der Waals surface area contributed by atoms with E-state index in [0.717, 1.165) is 23.2 Å². The minimum absolute atomic E-state index is 0.0280. The molecule has 1 N–H and O–H groups in total. The summed E-state index contributed by atoms with van der Waals surface area (Å²) in [5, 5.41) is 3.19. The van der Waals surface area contributed by atoms with Crippen molar-refractivity contribution in [2.45, 2.75) is 20.8 Å². The first-order valence-corrected chi connectivity index (χ1v) is 12.8. The van der Waals surface area contributed by atoms with Gasteiger partial charge in [-0.1, -0.05) is 35.1 Å². The molecule has 0 amide bonds. The predicted molar refractivity (Wildman–Crippen MR) is 112 cm³/mol. The number of rotatable bonds is 7. The van der Waals surface area contributed by atoms with Crippen molar-refractivity contribution in [1.82, 2.24) is 4.98 Å². The lowest BCUT2D eigenvalue weighted by Gasteiger charge is -2.08. The molecule has 11 heteroatoms. The first-order chi connectivity index (χ1) is 13.6. The van der Waals surface area contributed by atoms with Crippen LogP contribution in [0.15, 0.2) is 62.8 Å². The minimum atomic E-state index is -4.05. The second-order valence-corrected chi connectivity index (χ2v) is 11.5. The van der Waals surface area contributed by atoms with Crippen LogP contribution in [0.5, 0.6) is 5.75 Å². The molecule has 154 valence electrons. The lowest BCUT2D eigenvalue weighted by Crippen LogP contribution is -2.07. The van der Waals surface area contributed by atoms with E-state index in [0.29, 0.717) is 10.8 Å². The summed E-state index contributed by atoms with van der Waals surface area (Å²) in [7, 11) is -6.17. The highest BCUT2D eigenvalue weighted by Crippen LogP contribution is 2.35. The molecule has 0 radical (unpaired) electrons. The van der Waals surface area contributed by atoms with E-state index >= 15 is 0 Å². The lowest BCUT2D eigenvalue weighted by atomic mass is 10.2. The Morgan fingerprint density at radius 1 is 1.03 bits per heavy atom. The normalized spacial score (nSPS) is 12.0. The number of hydrogen-bond donors (Lipinski definition) is 1. The van der Waals surface area contributed by atoms with E-state index in [1.54, 1.807) is 19.2 Å². The van der Waals surface area contributed by atoms with Crippen LogP contribution in [0.2, 0.25) is 5.02 Å². The second kappa shape index (κ2) is 8.31. The summed E-state index contributed by atoms with van der Waals surface area (Å²) >= 11 is 6.61. The van der Waals surface area contributed by atoms with Gasteiger partial charge in [0.15, 0.2) is 5.03 Å². The van der Waals surface area contributed by atoms with E-state index < -0.39 is 19.7 Å². The quantitative estimate of drug-likeness (QED) is 0.559. The first-order valence-electron chi connectivity index (χ1n) is 8.19. The zero-order valence-corrected chi connectivity index (χ0v) is 18.6. The van der Waals surface area contributed by atoms with Crippen molar-refractivity contribution in [3.05, 3.63) is 59.1 Å². The SMILES string of the molecule is COc1ccc(CNc2sc(S(C)(=O)=O)nc2S(=O)(=O)c2ccc(Cl)cc2)cc1. The fourth-order valence-electron chi connectivity index (χ4n) is 2.39. The molecule has 0 aliphatic carbocycles. The van der Waals surface area contributed by atoms with Gasteiger partial charge >= 0.3 is 0 Å². The van der Waals surface area contributed by atoms with Gasteiger partial charge < -0.3 is 10.1 Å². The van der Waals surface area contributed by atoms with Crippen LogP contribution >= 0.6 is 22.9 Å². The molecule has 0 fully saturated rings. The molecule has 0 bridgehead atoms. The molecule has 7 nitrogen and oxygen atoms in total. The molecule has 0 saturated carbocycles. The second-order valence-electron chi connectivity index (χ2n) is 6.05. The fourth-order valence-corrected chi connectivity index (χ4v) is 6.03. The molecule has 29 heavy (non-hydrogen) atoms. The minimum Gasteiger partial charge on any atom is -0.497 e. The summed E-state index contributed by atoms with van der Waals surface area (Å²) in [6.45, 7) is 0.276. The van der Waals surface area contributed by atoms with Crippen molar-refractivity contribution in [3.8, 4) is 5.75 Å². The molecule has 0 saturated heterocycles. The van der Waals surface area contributed by atoms with Crippen LogP contribution in [0, 0.1) is 0 Å². The van der Waals surface area contributed by atoms with E-state index in [9.17, 15) is 16.8 Å². The summed E-state index contributed by atoms with van der Waals surface area (Å²) < 4.78 is 54.8. The molecule has 3 aromatic rings. The van der Waals surface area contributed by atoms with Crippen LogP contribution in [0.1, 0.15) is 5.56 Å². The zero-order valence-electron chi connectivity index (χ0n) is 15.4. The summed E-state index contributed by atoms with van der Waals surface area (Å²) in [6.07, 6.45) is 0.984. The molecule has 0 aliphatic heterocycles. The van der Waals surface area contributed by atoms with Crippen LogP contribution in [-0.4, -0.2) is 35.2 Å². The third-order valence-electron chi connectivity index (χ3n) is 3.88. The van der Waals surface area contributed by atoms with E-state index in [1.807, 2.05) is 12.1 Å². The fraction of sp³-hybridized carbons (Fsp3) is 0.167. The average Bonchev–Trinajstić information content (AvgIpc) is 3.13. The number of anilines is 1. The molecule has 0 aliphatic rings.